The quantitative estimate of drug-likeness (QED) is 0.786. The molecule has 106 valence electrons. The van der Waals surface area contributed by atoms with Crippen LogP contribution in [0.2, 0.25) is 5.02 Å². The summed E-state index contributed by atoms with van der Waals surface area (Å²) in [6.45, 7) is 5.98. The Hall–Kier alpha value is -1.03. The fourth-order valence-corrected chi connectivity index (χ4v) is 2.61. The Morgan fingerprint density at radius 2 is 1.70 bits per heavy atom. The van der Waals surface area contributed by atoms with Crippen molar-refractivity contribution in [2.75, 3.05) is 0 Å². The molecule has 0 bridgehead atoms. The summed E-state index contributed by atoms with van der Waals surface area (Å²) < 4.78 is 6.97. The number of nitrogens with two attached hydrogens (primary N) is 1. The van der Waals surface area contributed by atoms with Crippen molar-refractivity contribution in [3.05, 3.63) is 56.5 Å². The molecule has 0 aliphatic carbocycles. The maximum Gasteiger partial charge on any atom is 0.128 e. The van der Waals surface area contributed by atoms with Crippen LogP contribution in [0.15, 0.2) is 34.8 Å². The van der Waals surface area contributed by atoms with E-state index in [2.05, 4.69) is 15.9 Å². The molecule has 2 nitrogen and oxygen atoms in total. The zero-order valence-corrected chi connectivity index (χ0v) is 14.0. The van der Waals surface area contributed by atoms with Gasteiger partial charge in [0.2, 0.25) is 0 Å². The minimum Gasteiger partial charge on any atom is -0.457 e. The number of rotatable bonds is 3. The molecule has 0 heterocycles. The number of benzene rings is 2. The predicted octanol–water partition coefficient (Wildman–Crippen LogP) is 5.53. The van der Waals surface area contributed by atoms with Crippen LogP contribution in [-0.2, 0) is 0 Å². The summed E-state index contributed by atoms with van der Waals surface area (Å²) in [6.07, 6.45) is 0. The molecule has 0 radical (unpaired) electrons. The Labute approximate surface area is 133 Å². The molecule has 2 aromatic rings. The van der Waals surface area contributed by atoms with E-state index < -0.39 is 0 Å². The average molecular weight is 355 g/mol. The highest BCUT2D eigenvalue weighted by molar-refractivity contribution is 9.10. The monoisotopic (exact) mass is 353 g/mol. The zero-order valence-electron chi connectivity index (χ0n) is 11.7. The highest BCUT2D eigenvalue weighted by Gasteiger charge is 2.08. The van der Waals surface area contributed by atoms with Crippen LogP contribution in [0.4, 0.5) is 0 Å². The molecule has 0 saturated carbocycles. The molecule has 0 saturated heterocycles. The topological polar surface area (TPSA) is 35.2 Å². The minimum atomic E-state index is -0.0891. The second-order valence-corrected chi connectivity index (χ2v) is 6.15. The molecule has 0 spiro atoms. The van der Waals surface area contributed by atoms with E-state index in [1.165, 1.54) is 0 Å². The zero-order chi connectivity index (χ0) is 14.9. The number of hydrogen-bond donors (Lipinski definition) is 1. The summed E-state index contributed by atoms with van der Waals surface area (Å²) in [4.78, 5) is 0. The first kappa shape index (κ1) is 15.4. The third-order valence-corrected chi connectivity index (χ3v) is 4.69. The molecule has 2 rings (SSSR count). The summed E-state index contributed by atoms with van der Waals surface area (Å²) in [5, 5.41) is 0.628. The van der Waals surface area contributed by atoms with Gasteiger partial charge in [-0.1, -0.05) is 33.6 Å². The van der Waals surface area contributed by atoms with Gasteiger partial charge in [-0.05, 0) is 61.7 Å². The number of aryl methyl sites for hydroxylation is 2. The highest BCUT2D eigenvalue weighted by atomic mass is 79.9. The van der Waals surface area contributed by atoms with Gasteiger partial charge in [-0.3, -0.25) is 0 Å². The fourth-order valence-electron chi connectivity index (χ4n) is 2.04. The van der Waals surface area contributed by atoms with Crippen LogP contribution in [0.1, 0.15) is 29.7 Å². The molecular formula is C16H17BrClNO. The molecule has 2 N–H and O–H groups in total. The van der Waals surface area contributed by atoms with Crippen molar-refractivity contribution in [2.24, 2.45) is 5.73 Å². The maximum atomic E-state index is 6.21. The molecule has 0 amide bonds. The van der Waals surface area contributed by atoms with E-state index in [0.717, 1.165) is 26.9 Å². The van der Waals surface area contributed by atoms with Crippen LogP contribution < -0.4 is 10.5 Å². The van der Waals surface area contributed by atoms with Gasteiger partial charge in [0.05, 0.1) is 0 Å². The Bertz CT molecular complexity index is 617. The lowest BCUT2D eigenvalue weighted by Gasteiger charge is -2.12. The Morgan fingerprint density at radius 1 is 1.10 bits per heavy atom. The first-order valence-corrected chi connectivity index (χ1v) is 7.55. The summed E-state index contributed by atoms with van der Waals surface area (Å²) in [6, 6.07) is 9.48. The van der Waals surface area contributed by atoms with E-state index in [-0.39, 0.29) is 6.04 Å². The van der Waals surface area contributed by atoms with Gasteiger partial charge >= 0.3 is 0 Å². The van der Waals surface area contributed by atoms with Crippen molar-refractivity contribution < 1.29 is 4.74 Å². The van der Waals surface area contributed by atoms with Crippen molar-refractivity contribution in [1.82, 2.24) is 0 Å². The Balaban J connectivity index is 2.29. The molecule has 20 heavy (non-hydrogen) atoms. The number of ether oxygens (including phenoxy) is 1. The molecule has 1 unspecified atom stereocenters. The second-order valence-electron chi connectivity index (χ2n) is 4.95. The van der Waals surface area contributed by atoms with Crippen LogP contribution in [0.25, 0.3) is 0 Å². The summed E-state index contributed by atoms with van der Waals surface area (Å²) in [5.41, 5.74) is 9.04. The summed E-state index contributed by atoms with van der Waals surface area (Å²) in [7, 11) is 0. The lowest BCUT2D eigenvalue weighted by molar-refractivity contribution is 0.481. The van der Waals surface area contributed by atoms with Crippen molar-refractivity contribution in [3.63, 3.8) is 0 Å². The predicted molar refractivity (Wildman–Crippen MR) is 87.7 cm³/mol. The molecular weight excluding hydrogens is 338 g/mol. The van der Waals surface area contributed by atoms with Gasteiger partial charge < -0.3 is 10.5 Å². The first-order chi connectivity index (χ1) is 9.38. The SMILES string of the molecule is Cc1cc(Oc2ccc(C(C)N)c(Cl)c2)cc(C)c1Br. The average Bonchev–Trinajstić information content (AvgIpc) is 2.35. The van der Waals surface area contributed by atoms with Crippen molar-refractivity contribution in [3.8, 4) is 11.5 Å². The molecule has 1 atom stereocenters. The van der Waals surface area contributed by atoms with Gasteiger partial charge in [0, 0.05) is 15.5 Å². The lowest BCUT2D eigenvalue weighted by Crippen LogP contribution is -2.05. The maximum absolute atomic E-state index is 6.21. The van der Waals surface area contributed by atoms with E-state index >= 15 is 0 Å². The molecule has 0 aromatic heterocycles. The molecule has 0 aliphatic heterocycles. The van der Waals surface area contributed by atoms with E-state index in [1.54, 1.807) is 6.07 Å². The fraction of sp³-hybridized carbons (Fsp3) is 0.250. The number of hydrogen-bond acceptors (Lipinski definition) is 2. The van der Waals surface area contributed by atoms with E-state index in [0.29, 0.717) is 10.8 Å². The standard InChI is InChI=1S/C16H17BrClNO/c1-9-6-13(7-10(2)16(9)17)20-12-4-5-14(11(3)19)15(18)8-12/h4-8,11H,19H2,1-3H3. The van der Waals surface area contributed by atoms with Gasteiger partial charge in [0.1, 0.15) is 11.5 Å². The van der Waals surface area contributed by atoms with Gasteiger partial charge in [-0.25, -0.2) is 0 Å². The van der Waals surface area contributed by atoms with Gasteiger partial charge in [-0.15, -0.1) is 0 Å². The number of halogens is 2. The minimum absolute atomic E-state index is 0.0891. The molecule has 2 aromatic carbocycles. The normalized spacial score (nSPS) is 12.3. The van der Waals surface area contributed by atoms with E-state index in [4.69, 9.17) is 22.1 Å². The third-order valence-electron chi connectivity index (χ3n) is 3.11. The van der Waals surface area contributed by atoms with Crippen molar-refractivity contribution >= 4 is 27.5 Å². The summed E-state index contributed by atoms with van der Waals surface area (Å²) >= 11 is 9.76. The van der Waals surface area contributed by atoms with Crippen molar-refractivity contribution in [2.45, 2.75) is 26.8 Å². The second kappa shape index (κ2) is 6.17. The highest BCUT2D eigenvalue weighted by Crippen LogP contribution is 2.32. The smallest absolute Gasteiger partial charge is 0.128 e. The van der Waals surface area contributed by atoms with Crippen LogP contribution in [0.3, 0.4) is 0 Å². The van der Waals surface area contributed by atoms with Gasteiger partial charge in [0.25, 0.3) is 0 Å². The third kappa shape index (κ3) is 3.35. The van der Waals surface area contributed by atoms with Gasteiger partial charge in [-0.2, -0.15) is 0 Å². The molecule has 0 fully saturated rings. The van der Waals surface area contributed by atoms with Gasteiger partial charge in [0.15, 0.2) is 0 Å². The van der Waals surface area contributed by atoms with Crippen LogP contribution in [-0.4, -0.2) is 0 Å². The van der Waals surface area contributed by atoms with Crippen LogP contribution in [0.5, 0.6) is 11.5 Å². The van der Waals surface area contributed by atoms with Crippen molar-refractivity contribution in [1.29, 1.82) is 0 Å². The Kier molecular flexibility index (Phi) is 4.74. The largest absolute Gasteiger partial charge is 0.457 e. The van der Waals surface area contributed by atoms with Crippen LogP contribution >= 0.6 is 27.5 Å². The first-order valence-electron chi connectivity index (χ1n) is 6.38. The Morgan fingerprint density at radius 3 is 2.20 bits per heavy atom. The molecule has 0 aliphatic rings. The lowest BCUT2D eigenvalue weighted by atomic mass is 10.1. The molecule has 4 heteroatoms. The summed E-state index contributed by atoms with van der Waals surface area (Å²) in [5.74, 6) is 1.51. The van der Waals surface area contributed by atoms with E-state index in [9.17, 15) is 0 Å². The van der Waals surface area contributed by atoms with E-state index in [1.807, 2.05) is 45.0 Å². The van der Waals surface area contributed by atoms with Crippen LogP contribution in [0, 0.1) is 13.8 Å².